The van der Waals surface area contributed by atoms with Crippen molar-refractivity contribution in [2.75, 3.05) is 14.2 Å². The molecular formula is C70H72O8. The van der Waals surface area contributed by atoms with E-state index in [-0.39, 0.29) is 23.1 Å². The summed E-state index contributed by atoms with van der Waals surface area (Å²) in [6, 6.07) is 65.5. The maximum Gasteiger partial charge on any atom is 0.193 e. The second-order valence-electron chi connectivity index (χ2n) is 16.4. The summed E-state index contributed by atoms with van der Waals surface area (Å²) in [5.41, 5.74) is 8.91. The highest BCUT2D eigenvalue weighted by atomic mass is 16.5. The van der Waals surface area contributed by atoms with Crippen molar-refractivity contribution in [1.82, 2.24) is 0 Å². The van der Waals surface area contributed by atoms with E-state index >= 15 is 0 Å². The van der Waals surface area contributed by atoms with Gasteiger partial charge in [0.15, 0.2) is 23.1 Å². The number of hydrogen-bond donors (Lipinski definition) is 0. The first-order chi connectivity index (χ1) is 38.0. The van der Waals surface area contributed by atoms with Gasteiger partial charge in [0.25, 0.3) is 0 Å². The molecule has 9 aromatic rings. The molecule has 8 heteroatoms. The molecule has 0 spiro atoms. The molecule has 0 saturated carbocycles. The molecule has 0 amide bonds. The van der Waals surface area contributed by atoms with Gasteiger partial charge in [-0.05, 0) is 122 Å². The fourth-order valence-corrected chi connectivity index (χ4v) is 7.39. The Morgan fingerprint density at radius 3 is 0.590 bits per heavy atom. The second-order valence-corrected chi connectivity index (χ2v) is 16.4. The monoisotopic (exact) mass is 1040 g/mol. The average molecular weight is 1040 g/mol. The Hall–Kier alpha value is -9.14. The van der Waals surface area contributed by atoms with E-state index in [1.165, 1.54) is 0 Å². The minimum absolute atomic E-state index is 0.00193. The summed E-state index contributed by atoms with van der Waals surface area (Å²) < 4.78 is 22.0. The second kappa shape index (κ2) is 32.3. The van der Waals surface area contributed by atoms with Gasteiger partial charge in [-0.15, -0.1) is 0 Å². The third-order valence-corrected chi connectivity index (χ3v) is 11.5. The maximum atomic E-state index is 13.0. The summed E-state index contributed by atoms with van der Waals surface area (Å²) in [5, 5.41) is 0. The maximum absolute atomic E-state index is 13.0. The topological polar surface area (TPSA) is 105 Å². The zero-order valence-electron chi connectivity index (χ0n) is 47.1. The molecule has 0 unspecified atom stereocenters. The van der Waals surface area contributed by atoms with Gasteiger partial charge in [0.2, 0.25) is 0 Å². The molecule has 78 heavy (non-hydrogen) atoms. The van der Waals surface area contributed by atoms with E-state index in [0.29, 0.717) is 67.5 Å². The Morgan fingerprint density at radius 1 is 0.231 bits per heavy atom. The number of carbonyl (C=O) groups excluding carboxylic acids is 4. The number of benzene rings is 9. The van der Waals surface area contributed by atoms with Crippen LogP contribution in [0.1, 0.15) is 130 Å². The summed E-state index contributed by atoms with van der Waals surface area (Å²) in [5.74, 6) is 3.91. The molecule has 0 radical (unpaired) electrons. The third-order valence-electron chi connectivity index (χ3n) is 11.5. The molecule has 0 heterocycles. The van der Waals surface area contributed by atoms with E-state index in [1.54, 1.807) is 87.0 Å². The number of ketones is 4. The van der Waals surface area contributed by atoms with Gasteiger partial charge >= 0.3 is 0 Å². The zero-order chi connectivity index (χ0) is 57.0. The molecule has 0 aliphatic heterocycles. The number of aryl methyl sites for hydroxylation is 2. The molecule has 9 aromatic carbocycles. The van der Waals surface area contributed by atoms with Crippen molar-refractivity contribution in [3.05, 3.63) is 274 Å². The van der Waals surface area contributed by atoms with Crippen LogP contribution in [-0.2, 0) is 0 Å². The van der Waals surface area contributed by atoms with Gasteiger partial charge in [0.05, 0.1) is 14.2 Å². The Labute approximate surface area is 462 Å². The summed E-state index contributed by atoms with van der Waals surface area (Å²) in [7, 11) is 3.23. The average Bonchev–Trinajstić information content (AvgIpc) is 3.53. The lowest BCUT2D eigenvalue weighted by molar-refractivity contribution is 0.102. The van der Waals surface area contributed by atoms with Gasteiger partial charge in [-0.3, -0.25) is 19.2 Å². The fraction of sp³-hybridized carbons (Fsp3) is 0.171. The van der Waals surface area contributed by atoms with Gasteiger partial charge in [-0.2, -0.15) is 0 Å². The van der Waals surface area contributed by atoms with Crippen molar-refractivity contribution < 1.29 is 38.1 Å². The lowest BCUT2D eigenvalue weighted by atomic mass is 9.97. The van der Waals surface area contributed by atoms with Gasteiger partial charge in [0, 0.05) is 44.5 Å². The summed E-state index contributed by atoms with van der Waals surface area (Å²) in [6.45, 7) is 20.0. The van der Waals surface area contributed by atoms with Crippen LogP contribution in [-0.4, -0.2) is 37.4 Å². The van der Waals surface area contributed by atoms with E-state index in [2.05, 4.69) is 0 Å². The first-order valence-corrected chi connectivity index (χ1v) is 26.5. The van der Waals surface area contributed by atoms with Crippen molar-refractivity contribution >= 4 is 23.1 Å². The molecule has 0 aliphatic rings. The number of hydrogen-bond acceptors (Lipinski definition) is 8. The largest absolute Gasteiger partial charge is 0.497 e. The van der Waals surface area contributed by atoms with Crippen LogP contribution in [0.4, 0.5) is 0 Å². The van der Waals surface area contributed by atoms with Crippen LogP contribution in [0.5, 0.6) is 34.5 Å². The van der Waals surface area contributed by atoms with Crippen LogP contribution < -0.4 is 18.9 Å². The zero-order valence-corrected chi connectivity index (χ0v) is 47.1. The highest BCUT2D eigenvalue weighted by Gasteiger charge is 2.15. The van der Waals surface area contributed by atoms with Gasteiger partial charge in [0.1, 0.15) is 34.5 Å². The van der Waals surface area contributed by atoms with Crippen LogP contribution in [0.15, 0.2) is 218 Å². The standard InChI is InChI=1S/C34H26O4.C28H22O4.4C2H6/c1-23-3-5-26(6-4-23)33(35)27-11-7-24(8-12-27)25-9-13-28(14-10-25)34(36)29-15-17-31(18-16-29)38-32-21-19-30(37-2)20-22-32;1-19-3-5-20(6-4-19)27(29)21-7-9-22(10-8-21)28(30)23-11-13-25(14-12-23)32-26-17-15-24(31-2)16-18-26;4*1-2/h3-22H,1-2H3;3-18H,1-2H3;4*1-2H3. The van der Waals surface area contributed by atoms with E-state index in [0.717, 1.165) is 33.8 Å². The van der Waals surface area contributed by atoms with Crippen LogP contribution in [0.25, 0.3) is 11.1 Å². The van der Waals surface area contributed by atoms with Crippen molar-refractivity contribution in [1.29, 1.82) is 0 Å². The van der Waals surface area contributed by atoms with E-state index in [9.17, 15) is 19.2 Å². The smallest absolute Gasteiger partial charge is 0.193 e. The normalized spacial score (nSPS) is 9.74. The summed E-state index contributed by atoms with van der Waals surface area (Å²) >= 11 is 0. The fourth-order valence-electron chi connectivity index (χ4n) is 7.39. The molecule has 0 bridgehead atoms. The molecule has 0 saturated heterocycles. The number of carbonyl (C=O) groups is 4. The molecule has 9 rings (SSSR count). The van der Waals surface area contributed by atoms with Crippen LogP contribution >= 0.6 is 0 Å². The molecular weight excluding hydrogens is 969 g/mol. The van der Waals surface area contributed by atoms with E-state index in [1.807, 2.05) is 215 Å². The molecule has 0 aliphatic carbocycles. The number of ether oxygens (including phenoxy) is 4. The minimum Gasteiger partial charge on any atom is -0.497 e. The number of methoxy groups -OCH3 is 2. The lowest BCUT2D eigenvalue weighted by Crippen LogP contribution is -2.04. The highest BCUT2D eigenvalue weighted by molar-refractivity contribution is 6.12. The summed E-state index contributed by atoms with van der Waals surface area (Å²) in [6.07, 6.45) is 0. The first-order valence-electron chi connectivity index (χ1n) is 26.5. The lowest BCUT2D eigenvalue weighted by Gasteiger charge is -2.08. The Morgan fingerprint density at radius 2 is 0.385 bits per heavy atom. The van der Waals surface area contributed by atoms with Crippen LogP contribution in [0.3, 0.4) is 0 Å². The van der Waals surface area contributed by atoms with Crippen LogP contribution in [0, 0.1) is 13.8 Å². The van der Waals surface area contributed by atoms with Crippen molar-refractivity contribution in [3.63, 3.8) is 0 Å². The van der Waals surface area contributed by atoms with Gasteiger partial charge < -0.3 is 18.9 Å². The predicted octanol–water partition coefficient (Wildman–Crippen LogP) is 18.3. The number of rotatable bonds is 15. The third kappa shape index (κ3) is 17.5. The van der Waals surface area contributed by atoms with Crippen molar-refractivity contribution in [2.45, 2.75) is 69.2 Å². The van der Waals surface area contributed by atoms with Gasteiger partial charge in [-0.1, -0.05) is 188 Å². The SMILES string of the molecule is CC.CC.CC.CC.COc1ccc(Oc2ccc(C(=O)c3ccc(-c4ccc(C(=O)c5ccc(C)cc5)cc4)cc3)cc2)cc1.COc1ccc(Oc2ccc(C(=O)c3ccc(C(=O)c4ccc(C)cc4)cc3)cc2)cc1. The quantitative estimate of drug-likeness (QED) is 0.0935. The van der Waals surface area contributed by atoms with E-state index in [4.69, 9.17) is 18.9 Å². The predicted molar refractivity (Wildman–Crippen MR) is 319 cm³/mol. The first kappa shape index (κ1) is 61.4. The Bertz CT molecular complexity index is 3210. The molecule has 8 nitrogen and oxygen atoms in total. The van der Waals surface area contributed by atoms with Crippen molar-refractivity contribution in [3.8, 4) is 45.6 Å². The highest BCUT2D eigenvalue weighted by Crippen LogP contribution is 2.28. The molecule has 0 aromatic heterocycles. The summed E-state index contributed by atoms with van der Waals surface area (Å²) in [4.78, 5) is 51.2. The Balaban J connectivity index is 0.000000302. The van der Waals surface area contributed by atoms with Gasteiger partial charge in [-0.25, -0.2) is 0 Å². The van der Waals surface area contributed by atoms with Crippen molar-refractivity contribution in [2.24, 2.45) is 0 Å². The molecule has 0 fully saturated rings. The molecule has 0 N–H and O–H groups in total. The van der Waals surface area contributed by atoms with E-state index < -0.39 is 0 Å². The Kier molecular flexibility index (Phi) is 25.5. The van der Waals surface area contributed by atoms with Crippen LogP contribution in [0.2, 0.25) is 0 Å². The molecule has 0 atom stereocenters. The minimum atomic E-state index is -0.115. The molecule has 400 valence electrons.